The van der Waals surface area contributed by atoms with Crippen LogP contribution in [-0.2, 0) is 14.4 Å². The lowest BCUT2D eigenvalue weighted by atomic mass is 9.76. The number of aliphatic hydroxyl groups excluding tert-OH is 1. The van der Waals surface area contributed by atoms with Gasteiger partial charge in [-0.15, -0.1) is 11.3 Å². The van der Waals surface area contributed by atoms with E-state index in [0.29, 0.717) is 18.3 Å². The number of aldehydes is 1. The molecule has 3 heterocycles. The van der Waals surface area contributed by atoms with E-state index in [9.17, 15) is 19.5 Å². The highest BCUT2D eigenvalue weighted by Crippen LogP contribution is 2.40. The molecule has 4 atom stereocenters. The number of amides is 2. The Morgan fingerprint density at radius 3 is 2.68 bits per heavy atom. The fourth-order valence-electron chi connectivity index (χ4n) is 4.97. The van der Waals surface area contributed by atoms with Gasteiger partial charge in [0, 0.05) is 0 Å². The molecule has 0 bridgehead atoms. The minimum atomic E-state index is -0.869. The highest BCUT2D eigenvalue weighted by molar-refractivity contribution is 7.13. The number of hydrogen-bond acceptors (Lipinski definition) is 10. The smallest absolute Gasteiger partial charge is 0.257 e. The first kappa shape index (κ1) is 27.6. The molecular formula is C27H32N4O6S. The van der Waals surface area contributed by atoms with E-state index in [1.54, 1.807) is 23.8 Å². The van der Waals surface area contributed by atoms with Crippen LogP contribution in [0.4, 0.5) is 0 Å². The maximum Gasteiger partial charge on any atom is 0.257 e. The van der Waals surface area contributed by atoms with Crippen LogP contribution in [0.5, 0.6) is 5.88 Å². The van der Waals surface area contributed by atoms with Gasteiger partial charge in [-0.2, -0.15) is 0 Å². The summed E-state index contributed by atoms with van der Waals surface area (Å²) < 4.78 is 10.8. The van der Waals surface area contributed by atoms with Gasteiger partial charge in [-0.05, 0) is 55.4 Å². The normalized spacial score (nSPS) is 17.5. The highest BCUT2D eigenvalue weighted by Gasteiger charge is 2.40. The maximum atomic E-state index is 13.7. The zero-order chi connectivity index (χ0) is 27.2. The first-order valence-electron chi connectivity index (χ1n) is 12.6. The van der Waals surface area contributed by atoms with E-state index >= 15 is 0 Å². The monoisotopic (exact) mass is 540 g/mol. The van der Waals surface area contributed by atoms with E-state index in [4.69, 9.17) is 9.26 Å². The van der Waals surface area contributed by atoms with Gasteiger partial charge in [-0.1, -0.05) is 31.2 Å². The molecule has 1 aliphatic heterocycles. The van der Waals surface area contributed by atoms with Crippen LogP contribution in [0.25, 0.3) is 10.4 Å². The summed E-state index contributed by atoms with van der Waals surface area (Å²) in [6.45, 7) is 5.61. The van der Waals surface area contributed by atoms with E-state index in [1.165, 1.54) is 0 Å². The molecule has 1 saturated heterocycles. The molecule has 1 fully saturated rings. The number of benzene rings is 1. The maximum absolute atomic E-state index is 13.7. The van der Waals surface area contributed by atoms with Gasteiger partial charge in [0.15, 0.2) is 6.29 Å². The van der Waals surface area contributed by atoms with Gasteiger partial charge in [0.25, 0.3) is 5.88 Å². The van der Waals surface area contributed by atoms with Crippen molar-refractivity contribution in [3.05, 3.63) is 52.4 Å². The molecule has 202 valence electrons. The van der Waals surface area contributed by atoms with Crippen LogP contribution in [0.2, 0.25) is 0 Å². The molecule has 0 radical (unpaired) electrons. The van der Waals surface area contributed by atoms with Gasteiger partial charge >= 0.3 is 0 Å². The van der Waals surface area contributed by atoms with Gasteiger partial charge in [0.05, 0.1) is 46.1 Å². The number of carbonyl (C=O) groups excluding carboxylic acids is 3. The molecule has 2 aromatic heterocycles. The summed E-state index contributed by atoms with van der Waals surface area (Å²) in [5.74, 6) is -2.61. The van der Waals surface area contributed by atoms with Gasteiger partial charge in [0.2, 0.25) is 11.8 Å². The summed E-state index contributed by atoms with van der Waals surface area (Å²) in [6.07, 6.45) is 2.10. The average molecular weight is 541 g/mol. The molecule has 3 N–H and O–H groups in total. The molecule has 0 saturated carbocycles. The predicted octanol–water partition coefficient (Wildman–Crippen LogP) is 2.88. The molecule has 4 rings (SSSR count). The number of ether oxygens (including phenoxy) is 1. The SMILES string of the molecule is Cc1ncsc1-c1ccc([C@@H](C)C(C(=O)NC(=O)C2CCCN2)[C@H](CO)c2onc(OCC=O)c2C)cc1. The number of aryl methyl sites for hydroxylation is 1. The second kappa shape index (κ2) is 12.4. The number of carbonyl (C=O) groups is 3. The Labute approximate surface area is 224 Å². The van der Waals surface area contributed by atoms with E-state index in [1.807, 2.05) is 38.1 Å². The lowest BCUT2D eigenvalue weighted by molar-refractivity contribution is -0.135. The molecule has 0 aliphatic carbocycles. The fourth-order valence-corrected chi connectivity index (χ4v) is 5.78. The van der Waals surface area contributed by atoms with Crippen LogP contribution in [0, 0.1) is 19.8 Å². The third-order valence-electron chi connectivity index (χ3n) is 7.08. The van der Waals surface area contributed by atoms with Crippen LogP contribution in [-0.4, -0.2) is 59.1 Å². The first-order chi connectivity index (χ1) is 18.3. The summed E-state index contributed by atoms with van der Waals surface area (Å²) in [5, 5.41) is 20.0. The van der Waals surface area contributed by atoms with Crippen LogP contribution < -0.4 is 15.4 Å². The van der Waals surface area contributed by atoms with Crippen LogP contribution >= 0.6 is 11.3 Å². The molecule has 2 unspecified atom stereocenters. The Kier molecular flexibility index (Phi) is 9.03. The number of imide groups is 1. The largest absolute Gasteiger partial charge is 0.468 e. The van der Waals surface area contributed by atoms with Crippen molar-refractivity contribution < 1.29 is 28.8 Å². The Balaban J connectivity index is 1.66. The molecule has 1 aromatic carbocycles. The molecule has 3 aromatic rings. The minimum Gasteiger partial charge on any atom is -0.468 e. The second-order valence-corrected chi connectivity index (χ2v) is 10.3. The number of nitrogens with one attached hydrogen (secondary N) is 2. The van der Waals surface area contributed by atoms with E-state index in [0.717, 1.165) is 34.7 Å². The van der Waals surface area contributed by atoms with Crippen molar-refractivity contribution in [2.45, 2.75) is 51.5 Å². The number of rotatable bonds is 11. The van der Waals surface area contributed by atoms with E-state index in [2.05, 4.69) is 20.8 Å². The van der Waals surface area contributed by atoms with Crippen molar-refractivity contribution in [1.82, 2.24) is 20.8 Å². The lowest BCUT2D eigenvalue weighted by Gasteiger charge is -2.29. The van der Waals surface area contributed by atoms with Gasteiger partial charge in [-0.3, -0.25) is 19.7 Å². The number of nitrogens with zero attached hydrogens (tertiary/aromatic N) is 2. The van der Waals surface area contributed by atoms with E-state index in [-0.39, 0.29) is 24.2 Å². The second-order valence-electron chi connectivity index (χ2n) is 9.45. The Bertz CT molecular complexity index is 1260. The van der Waals surface area contributed by atoms with Crippen molar-refractivity contribution in [1.29, 1.82) is 0 Å². The van der Waals surface area contributed by atoms with Crippen molar-refractivity contribution in [2.24, 2.45) is 5.92 Å². The van der Waals surface area contributed by atoms with Gasteiger partial charge in [0.1, 0.15) is 12.4 Å². The summed E-state index contributed by atoms with van der Waals surface area (Å²) in [7, 11) is 0. The predicted molar refractivity (Wildman–Crippen MR) is 141 cm³/mol. The summed E-state index contributed by atoms with van der Waals surface area (Å²) in [4.78, 5) is 42.6. The van der Waals surface area contributed by atoms with Crippen LogP contribution in [0.15, 0.2) is 34.3 Å². The van der Waals surface area contributed by atoms with Crippen LogP contribution in [0.3, 0.4) is 0 Å². The Morgan fingerprint density at radius 1 is 1.32 bits per heavy atom. The molecule has 10 nitrogen and oxygen atoms in total. The summed E-state index contributed by atoms with van der Waals surface area (Å²) in [6, 6.07) is 7.42. The molecular weight excluding hydrogens is 508 g/mol. The van der Waals surface area contributed by atoms with Crippen molar-refractivity contribution in [3.8, 4) is 16.3 Å². The summed E-state index contributed by atoms with van der Waals surface area (Å²) >= 11 is 1.56. The quantitative estimate of drug-likeness (QED) is 0.313. The fraction of sp³-hybridized carbons (Fsp3) is 0.444. The zero-order valence-electron chi connectivity index (χ0n) is 21.6. The molecule has 11 heteroatoms. The average Bonchev–Trinajstić information content (AvgIpc) is 3.68. The topological polar surface area (TPSA) is 144 Å². The Hall–Kier alpha value is -3.41. The number of thiazole rings is 1. The highest BCUT2D eigenvalue weighted by atomic mass is 32.1. The molecule has 1 aliphatic rings. The van der Waals surface area contributed by atoms with Gasteiger partial charge < -0.3 is 19.7 Å². The van der Waals surface area contributed by atoms with Crippen molar-refractivity contribution in [2.75, 3.05) is 19.8 Å². The molecule has 0 spiro atoms. The third kappa shape index (κ3) is 5.85. The molecule has 2 amide bonds. The first-order valence-corrected chi connectivity index (χ1v) is 13.5. The van der Waals surface area contributed by atoms with Crippen LogP contribution in [0.1, 0.15) is 54.2 Å². The molecule has 38 heavy (non-hydrogen) atoms. The third-order valence-corrected chi connectivity index (χ3v) is 8.06. The van der Waals surface area contributed by atoms with Crippen molar-refractivity contribution >= 4 is 29.4 Å². The zero-order valence-corrected chi connectivity index (χ0v) is 22.4. The van der Waals surface area contributed by atoms with Crippen molar-refractivity contribution in [3.63, 3.8) is 0 Å². The standard InChI is InChI=1S/C27H32N4O6S/c1-15(18-6-8-19(9-7-18)24-17(3)29-14-38-24)22(26(35)30-25(34)21-5-4-10-28-21)20(13-33)23-16(2)27(31-37-23)36-12-11-32/h6-9,11,14-15,20-22,28,33H,4-5,10,12-13H2,1-3H3,(H,30,34,35)/t15-,20+,21?,22?/m1/s1. The number of aromatic nitrogens is 2. The van der Waals surface area contributed by atoms with Gasteiger partial charge in [-0.25, -0.2) is 4.98 Å². The summed E-state index contributed by atoms with van der Waals surface area (Å²) in [5.41, 5.74) is 5.11. The number of aliphatic hydroxyl groups is 1. The lowest BCUT2D eigenvalue weighted by Crippen LogP contribution is -2.47. The van der Waals surface area contributed by atoms with E-state index < -0.39 is 36.3 Å². The minimum absolute atomic E-state index is 0.118. The Morgan fingerprint density at radius 2 is 2.08 bits per heavy atom. The number of hydrogen-bond donors (Lipinski definition) is 3.